The van der Waals surface area contributed by atoms with Crippen LogP contribution in [0.5, 0.6) is 5.75 Å². The molecule has 1 heterocycles. The van der Waals surface area contributed by atoms with Crippen LogP contribution >= 0.6 is 0 Å². The summed E-state index contributed by atoms with van der Waals surface area (Å²) in [6.07, 6.45) is 1.22. The van der Waals surface area contributed by atoms with Gasteiger partial charge in [-0.05, 0) is 17.7 Å². The fourth-order valence-electron chi connectivity index (χ4n) is 1.54. The Hall–Kier alpha value is -1.88. The Balaban J connectivity index is 2.08. The summed E-state index contributed by atoms with van der Waals surface area (Å²) in [5, 5.41) is 7.89. The Kier molecular flexibility index (Phi) is 3.72. The zero-order valence-corrected chi connectivity index (χ0v) is 9.72. The molecule has 0 atom stereocenters. The maximum atomic E-state index is 5.46. The zero-order chi connectivity index (χ0) is 12.1. The Bertz CT molecular complexity index is 482. The van der Waals surface area contributed by atoms with Gasteiger partial charge in [-0.1, -0.05) is 12.1 Å². The molecule has 5 heteroatoms. The highest BCUT2D eigenvalue weighted by molar-refractivity contribution is 5.29. The van der Waals surface area contributed by atoms with Gasteiger partial charge in [0.15, 0.2) is 0 Å². The van der Waals surface area contributed by atoms with E-state index in [4.69, 9.17) is 14.9 Å². The topological polar surface area (TPSA) is 74.2 Å². The maximum absolute atomic E-state index is 5.46. The van der Waals surface area contributed by atoms with Crippen molar-refractivity contribution in [1.82, 2.24) is 10.2 Å². The molecule has 0 aliphatic rings. The normalized spacial score (nSPS) is 10.5. The molecule has 2 N–H and O–H groups in total. The molecular weight excluding hydrogens is 218 g/mol. The van der Waals surface area contributed by atoms with E-state index in [1.54, 1.807) is 7.11 Å². The molecule has 1 aromatic heterocycles. The molecular formula is C12H15N3O2. The highest BCUT2D eigenvalue weighted by Crippen LogP contribution is 2.15. The molecule has 0 aliphatic carbocycles. The maximum Gasteiger partial charge on any atom is 0.220 e. The lowest BCUT2D eigenvalue weighted by Crippen LogP contribution is -2.02. The second-order valence-corrected chi connectivity index (χ2v) is 3.66. The fraction of sp³-hybridized carbons (Fsp3) is 0.333. The summed E-state index contributed by atoms with van der Waals surface area (Å²) in [4.78, 5) is 0. The number of hydrogen-bond acceptors (Lipinski definition) is 5. The van der Waals surface area contributed by atoms with E-state index in [2.05, 4.69) is 10.2 Å². The summed E-state index contributed by atoms with van der Waals surface area (Å²) in [5.41, 5.74) is 6.49. The van der Waals surface area contributed by atoms with Crippen LogP contribution in [0, 0.1) is 0 Å². The predicted octanol–water partition coefficient (Wildman–Crippen LogP) is 1.17. The van der Waals surface area contributed by atoms with Crippen LogP contribution in [0.25, 0.3) is 0 Å². The summed E-state index contributed by atoms with van der Waals surface area (Å²) in [6.45, 7) is 0.515. The third kappa shape index (κ3) is 3.04. The van der Waals surface area contributed by atoms with Crippen molar-refractivity contribution < 1.29 is 9.15 Å². The third-order valence-electron chi connectivity index (χ3n) is 2.36. The number of aromatic nitrogens is 2. The Labute approximate surface area is 99.6 Å². The Morgan fingerprint density at radius 3 is 2.88 bits per heavy atom. The van der Waals surface area contributed by atoms with Crippen LogP contribution in [0.1, 0.15) is 17.3 Å². The minimum Gasteiger partial charge on any atom is -0.497 e. The first-order valence-corrected chi connectivity index (χ1v) is 5.46. The second kappa shape index (κ2) is 5.45. The Morgan fingerprint density at radius 1 is 1.29 bits per heavy atom. The highest BCUT2D eigenvalue weighted by Gasteiger charge is 2.06. The molecule has 0 bridgehead atoms. The first-order chi connectivity index (χ1) is 8.31. The van der Waals surface area contributed by atoms with Crippen LogP contribution in [0.15, 0.2) is 28.7 Å². The van der Waals surface area contributed by atoms with Gasteiger partial charge in [0.05, 0.1) is 13.5 Å². The highest BCUT2D eigenvalue weighted by atomic mass is 16.5. The summed E-state index contributed by atoms with van der Waals surface area (Å²) < 4.78 is 10.6. The molecule has 5 nitrogen and oxygen atoms in total. The van der Waals surface area contributed by atoms with Crippen molar-refractivity contribution in [2.45, 2.75) is 12.8 Å². The van der Waals surface area contributed by atoms with Crippen molar-refractivity contribution in [3.05, 3.63) is 41.6 Å². The van der Waals surface area contributed by atoms with Crippen molar-refractivity contribution in [1.29, 1.82) is 0 Å². The van der Waals surface area contributed by atoms with Gasteiger partial charge in [0.2, 0.25) is 11.8 Å². The molecule has 0 saturated heterocycles. The monoisotopic (exact) mass is 233 g/mol. The molecule has 90 valence electrons. The van der Waals surface area contributed by atoms with Crippen molar-refractivity contribution >= 4 is 0 Å². The SMILES string of the molecule is COc1cccc(Cc2nnc(CCN)o2)c1. The molecule has 0 fully saturated rings. The summed E-state index contributed by atoms with van der Waals surface area (Å²) >= 11 is 0. The van der Waals surface area contributed by atoms with E-state index in [-0.39, 0.29) is 0 Å². The number of nitrogens with two attached hydrogens (primary N) is 1. The number of nitrogens with zero attached hydrogens (tertiary/aromatic N) is 2. The third-order valence-corrected chi connectivity index (χ3v) is 2.36. The predicted molar refractivity (Wildman–Crippen MR) is 62.9 cm³/mol. The van der Waals surface area contributed by atoms with Gasteiger partial charge in [0.25, 0.3) is 0 Å². The van der Waals surface area contributed by atoms with Gasteiger partial charge in [-0.25, -0.2) is 0 Å². The van der Waals surface area contributed by atoms with Gasteiger partial charge in [-0.2, -0.15) is 0 Å². The average molecular weight is 233 g/mol. The van der Waals surface area contributed by atoms with Crippen LogP contribution in [0.2, 0.25) is 0 Å². The number of ether oxygens (including phenoxy) is 1. The fourth-order valence-corrected chi connectivity index (χ4v) is 1.54. The molecule has 0 saturated carbocycles. The molecule has 0 unspecified atom stereocenters. The molecule has 0 spiro atoms. The van der Waals surface area contributed by atoms with E-state index in [1.165, 1.54) is 0 Å². The minimum atomic E-state index is 0.515. The largest absolute Gasteiger partial charge is 0.497 e. The summed E-state index contributed by atoms with van der Waals surface area (Å²) in [7, 11) is 1.64. The van der Waals surface area contributed by atoms with Crippen molar-refractivity contribution in [3.63, 3.8) is 0 Å². The van der Waals surface area contributed by atoms with E-state index in [0.717, 1.165) is 11.3 Å². The van der Waals surface area contributed by atoms with Gasteiger partial charge in [-0.3, -0.25) is 0 Å². The second-order valence-electron chi connectivity index (χ2n) is 3.66. The zero-order valence-electron chi connectivity index (χ0n) is 9.72. The van der Waals surface area contributed by atoms with E-state index < -0.39 is 0 Å². The molecule has 1 aromatic carbocycles. The average Bonchev–Trinajstić information content (AvgIpc) is 2.77. The van der Waals surface area contributed by atoms with Crippen LogP contribution in [-0.4, -0.2) is 23.9 Å². The van der Waals surface area contributed by atoms with Gasteiger partial charge in [-0.15, -0.1) is 10.2 Å². The van der Waals surface area contributed by atoms with Crippen LogP contribution in [0.3, 0.4) is 0 Å². The molecule has 0 radical (unpaired) electrons. The first kappa shape index (κ1) is 11.6. The standard InChI is InChI=1S/C12H15N3O2/c1-16-10-4-2-3-9(7-10)8-12-15-14-11(17-12)5-6-13/h2-4,7H,5-6,8,13H2,1H3. The van der Waals surface area contributed by atoms with Crippen LogP contribution < -0.4 is 10.5 Å². The summed E-state index contributed by atoms with van der Waals surface area (Å²) in [6, 6.07) is 7.78. The van der Waals surface area contributed by atoms with E-state index in [0.29, 0.717) is 31.2 Å². The molecule has 2 rings (SSSR count). The van der Waals surface area contributed by atoms with Crippen molar-refractivity contribution in [2.24, 2.45) is 5.73 Å². The first-order valence-electron chi connectivity index (χ1n) is 5.46. The summed E-state index contributed by atoms with van der Waals surface area (Å²) in [5.74, 6) is 2.01. The number of benzene rings is 1. The van der Waals surface area contributed by atoms with Gasteiger partial charge >= 0.3 is 0 Å². The van der Waals surface area contributed by atoms with Gasteiger partial charge < -0.3 is 14.9 Å². The smallest absolute Gasteiger partial charge is 0.220 e. The van der Waals surface area contributed by atoms with Gasteiger partial charge in [0, 0.05) is 13.0 Å². The molecule has 17 heavy (non-hydrogen) atoms. The van der Waals surface area contributed by atoms with E-state index in [9.17, 15) is 0 Å². The molecule has 0 aliphatic heterocycles. The lowest BCUT2D eigenvalue weighted by atomic mass is 10.1. The Morgan fingerprint density at radius 2 is 2.12 bits per heavy atom. The van der Waals surface area contributed by atoms with Crippen molar-refractivity contribution in [3.8, 4) is 5.75 Å². The molecule has 2 aromatic rings. The minimum absolute atomic E-state index is 0.515. The lowest BCUT2D eigenvalue weighted by molar-refractivity contribution is 0.414. The number of hydrogen-bond donors (Lipinski definition) is 1. The van der Waals surface area contributed by atoms with E-state index >= 15 is 0 Å². The van der Waals surface area contributed by atoms with Crippen LogP contribution in [0.4, 0.5) is 0 Å². The lowest BCUT2D eigenvalue weighted by Gasteiger charge is -2.01. The van der Waals surface area contributed by atoms with Crippen molar-refractivity contribution in [2.75, 3.05) is 13.7 Å². The number of methoxy groups -OCH3 is 1. The molecule has 0 amide bonds. The van der Waals surface area contributed by atoms with Crippen LogP contribution in [-0.2, 0) is 12.8 Å². The van der Waals surface area contributed by atoms with E-state index in [1.807, 2.05) is 24.3 Å². The number of rotatable bonds is 5. The quantitative estimate of drug-likeness (QED) is 0.839. The van der Waals surface area contributed by atoms with Gasteiger partial charge in [0.1, 0.15) is 5.75 Å².